The summed E-state index contributed by atoms with van der Waals surface area (Å²) in [6.45, 7) is 10.9. The Morgan fingerprint density at radius 2 is 2.11 bits per heavy atom. The predicted molar refractivity (Wildman–Crippen MR) is 79.3 cm³/mol. The average Bonchev–Trinajstić information content (AvgIpc) is 3.00. The first kappa shape index (κ1) is 13.8. The predicted octanol–water partition coefficient (Wildman–Crippen LogP) is 3.27. The van der Waals surface area contributed by atoms with E-state index in [0.29, 0.717) is 12.1 Å². The Balaban J connectivity index is 1.96. The van der Waals surface area contributed by atoms with Crippen molar-refractivity contribution < 1.29 is 0 Å². The molecule has 0 aliphatic heterocycles. The van der Waals surface area contributed by atoms with Crippen molar-refractivity contribution in [1.82, 2.24) is 10.3 Å². The number of rotatable bonds is 7. The van der Waals surface area contributed by atoms with Crippen molar-refractivity contribution in [3.8, 4) is 0 Å². The van der Waals surface area contributed by atoms with Crippen LogP contribution in [-0.2, 0) is 6.54 Å². The second-order valence-corrected chi connectivity index (χ2v) is 6.68. The minimum absolute atomic E-state index is 0.516. The highest BCUT2D eigenvalue weighted by atomic mass is 32.1. The van der Waals surface area contributed by atoms with Crippen LogP contribution in [0.1, 0.15) is 46.2 Å². The Hall–Kier alpha value is -0.610. The maximum atomic E-state index is 4.77. The number of nitrogens with one attached hydrogen (secondary N) is 1. The van der Waals surface area contributed by atoms with Crippen LogP contribution in [0.3, 0.4) is 0 Å². The standard InChI is InChI=1S/C14H25N3S/c1-10(2)15-7-13-9-18-14(16-13)17(11(3)4)8-12-5-6-12/h9-12,15H,5-8H2,1-4H3. The van der Waals surface area contributed by atoms with E-state index in [1.54, 1.807) is 11.3 Å². The quantitative estimate of drug-likeness (QED) is 0.822. The van der Waals surface area contributed by atoms with Gasteiger partial charge in [0.25, 0.3) is 0 Å². The van der Waals surface area contributed by atoms with Crippen molar-refractivity contribution in [3.05, 3.63) is 11.1 Å². The van der Waals surface area contributed by atoms with Gasteiger partial charge in [0, 0.05) is 30.6 Å². The summed E-state index contributed by atoms with van der Waals surface area (Å²) in [6.07, 6.45) is 2.80. The molecule has 0 radical (unpaired) electrons. The first-order valence-corrected chi connectivity index (χ1v) is 7.88. The maximum absolute atomic E-state index is 4.77. The molecule has 0 atom stereocenters. The van der Waals surface area contributed by atoms with Gasteiger partial charge in [-0.25, -0.2) is 4.98 Å². The van der Waals surface area contributed by atoms with E-state index in [-0.39, 0.29) is 0 Å². The summed E-state index contributed by atoms with van der Waals surface area (Å²) in [6, 6.07) is 1.06. The fourth-order valence-electron chi connectivity index (χ4n) is 1.91. The third kappa shape index (κ3) is 3.95. The Morgan fingerprint density at radius 1 is 1.39 bits per heavy atom. The zero-order valence-electron chi connectivity index (χ0n) is 11.9. The van der Waals surface area contributed by atoms with E-state index in [4.69, 9.17) is 4.98 Å². The molecule has 1 aromatic heterocycles. The number of hydrogen-bond acceptors (Lipinski definition) is 4. The van der Waals surface area contributed by atoms with E-state index >= 15 is 0 Å². The molecule has 0 saturated heterocycles. The summed E-state index contributed by atoms with van der Waals surface area (Å²) < 4.78 is 0. The highest BCUT2D eigenvalue weighted by molar-refractivity contribution is 7.13. The number of anilines is 1. The normalized spacial score (nSPS) is 15.7. The maximum Gasteiger partial charge on any atom is 0.185 e. The Morgan fingerprint density at radius 3 is 2.67 bits per heavy atom. The third-order valence-electron chi connectivity index (χ3n) is 3.25. The van der Waals surface area contributed by atoms with Crippen molar-refractivity contribution in [3.63, 3.8) is 0 Å². The minimum Gasteiger partial charge on any atom is -0.345 e. The molecule has 0 unspecified atom stereocenters. The van der Waals surface area contributed by atoms with Gasteiger partial charge in [-0.05, 0) is 32.6 Å². The van der Waals surface area contributed by atoms with Crippen LogP contribution in [0.4, 0.5) is 5.13 Å². The monoisotopic (exact) mass is 267 g/mol. The average molecular weight is 267 g/mol. The molecule has 1 aromatic rings. The second kappa shape index (κ2) is 6.02. The van der Waals surface area contributed by atoms with Crippen LogP contribution in [0.25, 0.3) is 0 Å². The molecule has 1 heterocycles. The van der Waals surface area contributed by atoms with Crippen LogP contribution in [0, 0.1) is 5.92 Å². The van der Waals surface area contributed by atoms with Crippen LogP contribution >= 0.6 is 11.3 Å². The molecule has 1 saturated carbocycles. The Bertz CT molecular complexity index is 369. The van der Waals surface area contributed by atoms with Gasteiger partial charge in [-0.3, -0.25) is 0 Å². The molecule has 0 aromatic carbocycles. The van der Waals surface area contributed by atoms with Gasteiger partial charge in [-0.1, -0.05) is 13.8 Å². The molecule has 0 spiro atoms. The Labute approximate surface area is 115 Å². The lowest BCUT2D eigenvalue weighted by atomic mass is 10.3. The van der Waals surface area contributed by atoms with E-state index in [1.165, 1.54) is 30.2 Å². The molecule has 3 nitrogen and oxygen atoms in total. The lowest BCUT2D eigenvalue weighted by molar-refractivity contribution is 0.581. The van der Waals surface area contributed by atoms with Crippen LogP contribution in [0.5, 0.6) is 0 Å². The van der Waals surface area contributed by atoms with Gasteiger partial charge >= 0.3 is 0 Å². The van der Waals surface area contributed by atoms with Crippen molar-refractivity contribution in [1.29, 1.82) is 0 Å². The molecule has 0 amide bonds. The summed E-state index contributed by atoms with van der Waals surface area (Å²) >= 11 is 1.78. The van der Waals surface area contributed by atoms with Crippen LogP contribution < -0.4 is 10.2 Å². The minimum atomic E-state index is 0.516. The molecule has 1 aliphatic rings. The lowest BCUT2D eigenvalue weighted by Crippen LogP contribution is -2.32. The topological polar surface area (TPSA) is 28.2 Å². The van der Waals surface area contributed by atoms with E-state index in [9.17, 15) is 0 Å². The van der Waals surface area contributed by atoms with Gasteiger partial charge in [-0.2, -0.15) is 0 Å². The van der Waals surface area contributed by atoms with Gasteiger partial charge in [0.2, 0.25) is 0 Å². The summed E-state index contributed by atoms with van der Waals surface area (Å²) in [5, 5.41) is 6.80. The van der Waals surface area contributed by atoms with Gasteiger partial charge < -0.3 is 10.2 Å². The highest BCUT2D eigenvalue weighted by Gasteiger charge is 2.26. The molecule has 18 heavy (non-hydrogen) atoms. The summed E-state index contributed by atoms with van der Waals surface area (Å²) in [5.41, 5.74) is 1.17. The van der Waals surface area contributed by atoms with Crippen molar-refractivity contribution in [2.75, 3.05) is 11.4 Å². The largest absolute Gasteiger partial charge is 0.345 e. The van der Waals surface area contributed by atoms with Crippen LogP contribution in [0.15, 0.2) is 5.38 Å². The second-order valence-electron chi connectivity index (χ2n) is 5.85. The zero-order valence-corrected chi connectivity index (χ0v) is 12.8. The first-order chi connectivity index (χ1) is 8.56. The van der Waals surface area contributed by atoms with Gasteiger partial charge in [0.05, 0.1) is 5.69 Å². The van der Waals surface area contributed by atoms with Crippen LogP contribution in [0.2, 0.25) is 0 Å². The van der Waals surface area contributed by atoms with Crippen molar-refractivity contribution in [2.45, 2.75) is 59.2 Å². The summed E-state index contributed by atoms with van der Waals surface area (Å²) in [7, 11) is 0. The number of nitrogens with zero attached hydrogens (tertiary/aromatic N) is 2. The van der Waals surface area contributed by atoms with E-state index < -0.39 is 0 Å². The molecule has 2 rings (SSSR count). The van der Waals surface area contributed by atoms with Crippen LogP contribution in [-0.4, -0.2) is 23.6 Å². The summed E-state index contributed by atoms with van der Waals surface area (Å²) in [4.78, 5) is 7.23. The molecular weight excluding hydrogens is 242 g/mol. The van der Waals surface area contributed by atoms with Crippen molar-refractivity contribution in [2.24, 2.45) is 5.92 Å². The number of aromatic nitrogens is 1. The molecule has 1 aliphatic carbocycles. The molecular formula is C14H25N3S. The fourth-order valence-corrected chi connectivity index (χ4v) is 2.87. The molecule has 1 fully saturated rings. The SMILES string of the molecule is CC(C)NCc1csc(N(CC2CC2)C(C)C)n1. The summed E-state index contributed by atoms with van der Waals surface area (Å²) in [5.74, 6) is 0.911. The number of hydrogen-bond donors (Lipinski definition) is 1. The number of thiazole rings is 1. The van der Waals surface area contributed by atoms with Gasteiger partial charge in [-0.15, -0.1) is 11.3 Å². The first-order valence-electron chi connectivity index (χ1n) is 7.00. The van der Waals surface area contributed by atoms with E-state index in [1.807, 2.05) is 0 Å². The molecule has 1 N–H and O–H groups in total. The van der Waals surface area contributed by atoms with Crippen molar-refractivity contribution >= 4 is 16.5 Å². The third-order valence-corrected chi connectivity index (χ3v) is 4.18. The Kier molecular flexibility index (Phi) is 4.62. The van der Waals surface area contributed by atoms with Gasteiger partial charge in [0.1, 0.15) is 0 Å². The van der Waals surface area contributed by atoms with E-state index in [0.717, 1.165) is 12.5 Å². The molecule has 4 heteroatoms. The van der Waals surface area contributed by atoms with E-state index in [2.05, 4.69) is 43.3 Å². The van der Waals surface area contributed by atoms with Gasteiger partial charge in [0.15, 0.2) is 5.13 Å². The molecule has 102 valence electrons. The zero-order chi connectivity index (χ0) is 13.1. The molecule has 0 bridgehead atoms. The fraction of sp³-hybridized carbons (Fsp3) is 0.786. The highest BCUT2D eigenvalue weighted by Crippen LogP contribution is 2.33. The smallest absolute Gasteiger partial charge is 0.185 e. The lowest BCUT2D eigenvalue weighted by Gasteiger charge is -2.26.